The molecule has 0 heterocycles. The average Bonchev–Trinajstić information content (AvgIpc) is 2.49. The minimum Gasteiger partial charge on any atom is -0.494 e. The number of anilines is 2. The first-order chi connectivity index (χ1) is 9.97. The molecule has 0 radical (unpaired) electrons. The van der Waals surface area contributed by atoms with E-state index in [1.54, 1.807) is 25.2 Å². The number of halogens is 1. The van der Waals surface area contributed by atoms with Crippen molar-refractivity contribution >= 4 is 21.4 Å². The fourth-order valence-corrected chi connectivity index (χ4v) is 3.11. The van der Waals surface area contributed by atoms with Crippen molar-refractivity contribution in [3.05, 3.63) is 48.3 Å². The Hall–Kier alpha value is -2.28. The zero-order valence-corrected chi connectivity index (χ0v) is 12.4. The molecule has 2 aromatic carbocycles. The SMILES string of the molecule is CNc1ccccc1S(=O)(=O)Nc1ccc(F)c(OC)c1. The van der Waals surface area contributed by atoms with Gasteiger partial charge in [-0.1, -0.05) is 12.1 Å². The van der Waals surface area contributed by atoms with Crippen LogP contribution in [0.3, 0.4) is 0 Å². The number of sulfonamides is 1. The van der Waals surface area contributed by atoms with Crippen LogP contribution in [0, 0.1) is 5.82 Å². The quantitative estimate of drug-likeness (QED) is 0.891. The maximum Gasteiger partial charge on any atom is 0.263 e. The first-order valence-electron chi connectivity index (χ1n) is 6.11. The van der Waals surface area contributed by atoms with E-state index in [2.05, 4.69) is 10.0 Å². The van der Waals surface area contributed by atoms with Gasteiger partial charge in [0.25, 0.3) is 10.0 Å². The van der Waals surface area contributed by atoms with Crippen molar-refractivity contribution in [1.82, 2.24) is 0 Å². The third kappa shape index (κ3) is 3.25. The molecular formula is C14H15FN2O3S. The second-order valence-corrected chi connectivity index (χ2v) is 5.85. The molecule has 0 aliphatic carbocycles. The van der Waals surface area contributed by atoms with E-state index >= 15 is 0 Å². The lowest BCUT2D eigenvalue weighted by Gasteiger charge is -2.12. The molecule has 2 aromatic rings. The highest BCUT2D eigenvalue weighted by atomic mass is 32.2. The lowest BCUT2D eigenvalue weighted by atomic mass is 10.3. The van der Waals surface area contributed by atoms with E-state index in [0.717, 1.165) is 6.07 Å². The van der Waals surface area contributed by atoms with Crippen molar-refractivity contribution in [2.75, 3.05) is 24.2 Å². The van der Waals surface area contributed by atoms with Crippen LogP contribution in [0.15, 0.2) is 47.4 Å². The van der Waals surface area contributed by atoms with Gasteiger partial charge < -0.3 is 10.1 Å². The molecule has 0 aliphatic rings. The van der Waals surface area contributed by atoms with Gasteiger partial charge >= 0.3 is 0 Å². The van der Waals surface area contributed by atoms with Crippen LogP contribution in [0.5, 0.6) is 5.75 Å². The lowest BCUT2D eigenvalue weighted by Crippen LogP contribution is -2.14. The maximum atomic E-state index is 13.3. The second kappa shape index (κ2) is 6.01. The van der Waals surface area contributed by atoms with E-state index in [-0.39, 0.29) is 16.3 Å². The van der Waals surface area contributed by atoms with Gasteiger partial charge in [0.05, 0.1) is 18.5 Å². The molecule has 2 N–H and O–H groups in total. The number of nitrogens with one attached hydrogen (secondary N) is 2. The van der Waals surface area contributed by atoms with Crippen LogP contribution in [0.2, 0.25) is 0 Å². The molecule has 5 nitrogen and oxygen atoms in total. The zero-order chi connectivity index (χ0) is 15.5. The number of rotatable bonds is 5. The Balaban J connectivity index is 2.37. The van der Waals surface area contributed by atoms with E-state index in [1.165, 1.54) is 25.3 Å². The number of hydrogen-bond donors (Lipinski definition) is 2. The molecular weight excluding hydrogens is 295 g/mol. The van der Waals surface area contributed by atoms with Gasteiger partial charge in [0.1, 0.15) is 4.90 Å². The number of benzene rings is 2. The Kier molecular flexibility index (Phi) is 4.32. The fraction of sp³-hybridized carbons (Fsp3) is 0.143. The smallest absolute Gasteiger partial charge is 0.263 e. The predicted octanol–water partition coefficient (Wildman–Crippen LogP) is 2.68. The molecule has 7 heteroatoms. The Morgan fingerprint density at radius 3 is 2.52 bits per heavy atom. The van der Waals surface area contributed by atoms with Crippen LogP contribution in [-0.2, 0) is 10.0 Å². The molecule has 0 bridgehead atoms. The average molecular weight is 310 g/mol. The molecule has 0 aromatic heterocycles. The van der Waals surface area contributed by atoms with E-state index in [4.69, 9.17) is 4.74 Å². The van der Waals surface area contributed by atoms with Gasteiger partial charge in [0.2, 0.25) is 0 Å². The van der Waals surface area contributed by atoms with Crippen LogP contribution < -0.4 is 14.8 Å². The van der Waals surface area contributed by atoms with Crippen LogP contribution in [0.4, 0.5) is 15.8 Å². The van der Waals surface area contributed by atoms with Crippen molar-refractivity contribution in [1.29, 1.82) is 0 Å². The summed E-state index contributed by atoms with van der Waals surface area (Å²) < 4.78 is 45.3. The highest BCUT2D eigenvalue weighted by molar-refractivity contribution is 7.92. The molecule has 0 saturated carbocycles. The monoisotopic (exact) mass is 310 g/mol. The van der Waals surface area contributed by atoms with Crippen LogP contribution >= 0.6 is 0 Å². The van der Waals surface area contributed by atoms with Crippen LogP contribution in [0.1, 0.15) is 0 Å². The number of methoxy groups -OCH3 is 1. The molecule has 2 rings (SSSR count). The molecule has 0 amide bonds. The van der Waals surface area contributed by atoms with Crippen molar-refractivity contribution in [3.8, 4) is 5.75 Å². The molecule has 0 saturated heterocycles. The predicted molar refractivity (Wildman–Crippen MR) is 79.7 cm³/mol. The zero-order valence-electron chi connectivity index (χ0n) is 11.6. The van der Waals surface area contributed by atoms with Crippen molar-refractivity contribution in [3.63, 3.8) is 0 Å². The molecule has 21 heavy (non-hydrogen) atoms. The van der Waals surface area contributed by atoms with E-state index in [9.17, 15) is 12.8 Å². The maximum absolute atomic E-state index is 13.3. The van der Waals surface area contributed by atoms with E-state index in [0.29, 0.717) is 5.69 Å². The van der Waals surface area contributed by atoms with Gasteiger partial charge in [-0.05, 0) is 24.3 Å². The van der Waals surface area contributed by atoms with Gasteiger partial charge in [0.15, 0.2) is 11.6 Å². The Morgan fingerprint density at radius 2 is 1.86 bits per heavy atom. The van der Waals surface area contributed by atoms with Crippen molar-refractivity contribution < 1.29 is 17.5 Å². The summed E-state index contributed by atoms with van der Waals surface area (Å²) in [6.07, 6.45) is 0. The summed E-state index contributed by atoms with van der Waals surface area (Å²) in [5, 5.41) is 2.82. The van der Waals surface area contributed by atoms with Gasteiger partial charge in [-0.15, -0.1) is 0 Å². The summed E-state index contributed by atoms with van der Waals surface area (Å²) in [6, 6.07) is 10.2. The molecule has 0 unspecified atom stereocenters. The number of ether oxygens (including phenoxy) is 1. The largest absolute Gasteiger partial charge is 0.494 e. The molecule has 0 atom stereocenters. The second-order valence-electron chi connectivity index (χ2n) is 4.20. The third-order valence-corrected chi connectivity index (χ3v) is 4.29. The summed E-state index contributed by atoms with van der Waals surface area (Å²) >= 11 is 0. The lowest BCUT2D eigenvalue weighted by molar-refractivity contribution is 0.387. The van der Waals surface area contributed by atoms with Gasteiger partial charge in [-0.3, -0.25) is 4.72 Å². The summed E-state index contributed by atoms with van der Waals surface area (Å²) in [6.45, 7) is 0. The Labute approximate surface area is 122 Å². The van der Waals surface area contributed by atoms with Crippen molar-refractivity contribution in [2.24, 2.45) is 0 Å². The first kappa shape index (κ1) is 15.1. The number of para-hydroxylation sites is 1. The minimum absolute atomic E-state index is 0.0305. The first-order valence-corrected chi connectivity index (χ1v) is 7.59. The fourth-order valence-electron chi connectivity index (χ4n) is 1.84. The van der Waals surface area contributed by atoms with E-state index in [1.807, 2.05) is 0 Å². The summed E-state index contributed by atoms with van der Waals surface area (Å²) in [7, 11) is -0.838. The summed E-state index contributed by atoms with van der Waals surface area (Å²) in [4.78, 5) is 0.107. The van der Waals surface area contributed by atoms with Gasteiger partial charge in [-0.2, -0.15) is 0 Å². The van der Waals surface area contributed by atoms with Gasteiger partial charge in [0, 0.05) is 13.1 Å². The topological polar surface area (TPSA) is 67.4 Å². The van der Waals surface area contributed by atoms with Crippen molar-refractivity contribution in [2.45, 2.75) is 4.90 Å². The molecule has 0 fully saturated rings. The highest BCUT2D eigenvalue weighted by Gasteiger charge is 2.18. The Bertz CT molecular complexity index is 748. The minimum atomic E-state index is -3.78. The molecule has 112 valence electrons. The Morgan fingerprint density at radius 1 is 1.14 bits per heavy atom. The van der Waals surface area contributed by atoms with E-state index < -0.39 is 15.8 Å². The molecule has 0 spiro atoms. The van der Waals surface area contributed by atoms with Crippen LogP contribution in [0.25, 0.3) is 0 Å². The third-order valence-electron chi connectivity index (χ3n) is 2.85. The summed E-state index contributed by atoms with van der Waals surface area (Å²) in [5.74, 6) is -0.590. The normalized spacial score (nSPS) is 11.0. The summed E-state index contributed by atoms with van der Waals surface area (Å²) in [5.41, 5.74) is 0.693. The number of hydrogen-bond acceptors (Lipinski definition) is 4. The standard InChI is InChI=1S/C14H15FN2O3S/c1-16-12-5-3-4-6-14(12)21(18,19)17-10-7-8-11(15)13(9-10)20-2/h3-9,16-17H,1-2H3. The van der Waals surface area contributed by atoms with Gasteiger partial charge in [-0.25, -0.2) is 12.8 Å². The highest BCUT2D eigenvalue weighted by Crippen LogP contribution is 2.26. The van der Waals surface area contributed by atoms with Crippen LogP contribution in [-0.4, -0.2) is 22.6 Å². The molecule has 0 aliphatic heterocycles.